The number of Topliss-reactive ketones (excluding diaryl/α,β-unsaturated/α-hetero) is 1. The lowest BCUT2D eigenvalue weighted by atomic mass is 9.43. The first-order chi connectivity index (χ1) is 11.8. The van der Waals surface area contributed by atoms with Crippen LogP contribution in [-0.2, 0) is 4.79 Å². The highest BCUT2D eigenvalue weighted by atomic mass is 16.2. The van der Waals surface area contributed by atoms with Crippen molar-refractivity contribution in [3.8, 4) is 0 Å². The van der Waals surface area contributed by atoms with E-state index >= 15 is 0 Å². The lowest BCUT2D eigenvalue weighted by Crippen LogP contribution is -2.54. The molecule has 2 heteroatoms. The number of carbonyl (C=O) groups is 1. The van der Waals surface area contributed by atoms with E-state index in [9.17, 15) is 4.79 Å². The van der Waals surface area contributed by atoms with Gasteiger partial charge in [0.25, 0.3) is 0 Å². The molecule has 0 aromatic carbocycles. The average Bonchev–Trinajstić information content (AvgIpc) is 2.59. The zero-order valence-corrected chi connectivity index (χ0v) is 17.6. The summed E-state index contributed by atoms with van der Waals surface area (Å²) in [7, 11) is 1.00. The Morgan fingerprint density at radius 3 is 2.35 bits per heavy atom. The van der Waals surface area contributed by atoms with Crippen LogP contribution in [0.15, 0.2) is 0 Å². The maximum atomic E-state index is 12.0. The average molecular weight is 367 g/mol. The van der Waals surface area contributed by atoms with Crippen LogP contribution in [0.2, 0.25) is 0 Å². The van der Waals surface area contributed by atoms with Crippen LogP contribution in [0.4, 0.5) is 0 Å². The Labute approximate surface area is 163 Å². The van der Waals surface area contributed by atoms with Crippen LogP contribution in [0, 0.1) is 40.4 Å². The molecule has 3 fully saturated rings. The van der Waals surface area contributed by atoms with Gasteiger partial charge < -0.3 is 5.11 Å². The molecule has 1 N–H and O–H groups in total. The van der Waals surface area contributed by atoms with Gasteiger partial charge in [-0.1, -0.05) is 48.5 Å². The van der Waals surface area contributed by atoms with Crippen LogP contribution in [0.1, 0.15) is 99.8 Å². The van der Waals surface area contributed by atoms with Gasteiger partial charge in [0.2, 0.25) is 0 Å². The standard InChI is InChI=1S/C22H38O.CH4O.CH4/c1-6-7-19-18-9-8-16-14-17(23)10-12-22(16,5)20(18)11-13-21(19,4)15(2)3;1-2;/h15-16,18-20H,6-14H2,1-5H3;2H,1H3;1H4/t16?,18-,19?,20?,21+,22-;;/m0../s1. The largest absolute Gasteiger partial charge is 0.400 e. The van der Waals surface area contributed by atoms with Crippen LogP contribution in [0.3, 0.4) is 0 Å². The fourth-order valence-corrected chi connectivity index (χ4v) is 6.96. The number of hydrogen-bond acceptors (Lipinski definition) is 2. The zero-order chi connectivity index (χ0) is 18.8. The molecule has 0 saturated heterocycles. The summed E-state index contributed by atoms with van der Waals surface area (Å²) in [5.41, 5.74) is 0.992. The first kappa shape index (κ1) is 23.7. The van der Waals surface area contributed by atoms with Crippen molar-refractivity contribution in [1.29, 1.82) is 0 Å². The van der Waals surface area contributed by atoms with Gasteiger partial charge in [-0.3, -0.25) is 4.79 Å². The van der Waals surface area contributed by atoms with Crippen molar-refractivity contribution < 1.29 is 9.90 Å². The summed E-state index contributed by atoms with van der Waals surface area (Å²) in [6.07, 6.45) is 11.2. The Hall–Kier alpha value is -0.370. The Morgan fingerprint density at radius 1 is 1.12 bits per heavy atom. The Balaban J connectivity index is 0.00000109. The number of aliphatic hydroxyl groups excluding tert-OH is 1. The lowest BCUT2D eigenvalue weighted by Gasteiger charge is -2.61. The molecule has 154 valence electrons. The van der Waals surface area contributed by atoms with Crippen LogP contribution < -0.4 is 0 Å². The number of carbonyl (C=O) groups excluding carboxylic acids is 1. The molecule has 3 saturated carbocycles. The number of fused-ring (bicyclic) bond motifs is 3. The van der Waals surface area contributed by atoms with E-state index < -0.39 is 0 Å². The number of hydrogen-bond donors (Lipinski definition) is 1. The molecule has 3 unspecified atom stereocenters. The van der Waals surface area contributed by atoms with Gasteiger partial charge in [-0.25, -0.2) is 0 Å². The van der Waals surface area contributed by atoms with Crippen molar-refractivity contribution in [2.45, 2.75) is 99.8 Å². The SMILES string of the molecule is C.CCCC1[C@@H]2CCC3CC(=O)CC[C@]3(C)C2CC[C@]1(C)C(C)C.CO. The summed E-state index contributed by atoms with van der Waals surface area (Å²) in [6, 6.07) is 0. The van der Waals surface area contributed by atoms with E-state index in [1.54, 1.807) is 0 Å². The summed E-state index contributed by atoms with van der Waals surface area (Å²) in [4.78, 5) is 12.0. The molecule has 3 aliphatic carbocycles. The van der Waals surface area contributed by atoms with Gasteiger partial charge in [-0.15, -0.1) is 0 Å². The minimum absolute atomic E-state index is 0. The number of rotatable bonds is 3. The molecule has 0 aromatic heterocycles. The molecule has 0 spiro atoms. The van der Waals surface area contributed by atoms with Gasteiger partial charge in [-0.05, 0) is 78.9 Å². The molecule has 6 atom stereocenters. The first-order valence-corrected chi connectivity index (χ1v) is 10.8. The first-order valence-electron chi connectivity index (χ1n) is 10.8. The van der Waals surface area contributed by atoms with E-state index in [0.29, 0.717) is 22.5 Å². The van der Waals surface area contributed by atoms with Crippen LogP contribution >= 0.6 is 0 Å². The maximum absolute atomic E-state index is 12.0. The molecule has 0 aromatic rings. The molecule has 0 heterocycles. The molecule has 3 aliphatic rings. The van der Waals surface area contributed by atoms with Gasteiger partial charge in [-0.2, -0.15) is 0 Å². The Morgan fingerprint density at radius 2 is 1.77 bits per heavy atom. The van der Waals surface area contributed by atoms with Crippen LogP contribution in [0.25, 0.3) is 0 Å². The van der Waals surface area contributed by atoms with Crippen LogP contribution in [-0.4, -0.2) is 18.0 Å². The highest BCUT2D eigenvalue weighted by molar-refractivity contribution is 5.79. The molecule has 0 amide bonds. The predicted molar refractivity (Wildman–Crippen MR) is 112 cm³/mol. The summed E-state index contributed by atoms with van der Waals surface area (Å²) in [5, 5.41) is 7.00. The smallest absolute Gasteiger partial charge is 0.133 e. The second-order valence-corrected chi connectivity index (χ2v) is 9.89. The quantitative estimate of drug-likeness (QED) is 0.618. The van der Waals surface area contributed by atoms with E-state index in [0.717, 1.165) is 43.6 Å². The normalized spacial score (nSPS) is 42.1. The topological polar surface area (TPSA) is 37.3 Å². The Kier molecular flexibility index (Phi) is 8.39. The van der Waals surface area contributed by atoms with Crippen molar-refractivity contribution in [2.75, 3.05) is 7.11 Å². The maximum Gasteiger partial charge on any atom is 0.133 e. The summed E-state index contributed by atoms with van der Waals surface area (Å²) < 4.78 is 0. The van der Waals surface area contributed by atoms with Crippen molar-refractivity contribution in [2.24, 2.45) is 40.4 Å². The third kappa shape index (κ3) is 3.91. The summed E-state index contributed by atoms with van der Waals surface area (Å²) in [6.45, 7) is 12.4. The third-order valence-electron chi connectivity index (χ3n) is 8.84. The van der Waals surface area contributed by atoms with Gasteiger partial charge in [0, 0.05) is 20.0 Å². The Bertz CT molecular complexity index is 457. The molecular formula is C24H46O2. The molecule has 3 rings (SSSR count). The van der Waals surface area contributed by atoms with Gasteiger partial charge in [0.05, 0.1) is 0 Å². The predicted octanol–water partition coefficient (Wildman–Crippen LogP) is 6.51. The summed E-state index contributed by atoms with van der Waals surface area (Å²) >= 11 is 0. The highest BCUT2D eigenvalue weighted by Crippen LogP contribution is 2.64. The van der Waals surface area contributed by atoms with Crippen molar-refractivity contribution in [3.05, 3.63) is 0 Å². The molecular weight excluding hydrogens is 320 g/mol. The van der Waals surface area contributed by atoms with Crippen LogP contribution in [0.5, 0.6) is 0 Å². The minimum atomic E-state index is 0. The van der Waals surface area contributed by atoms with Crippen molar-refractivity contribution in [3.63, 3.8) is 0 Å². The van der Waals surface area contributed by atoms with E-state index in [2.05, 4.69) is 34.6 Å². The van der Waals surface area contributed by atoms with Gasteiger partial charge in [0.15, 0.2) is 0 Å². The van der Waals surface area contributed by atoms with Crippen molar-refractivity contribution >= 4 is 5.78 Å². The lowest BCUT2D eigenvalue weighted by molar-refractivity contribution is -0.144. The van der Waals surface area contributed by atoms with Gasteiger partial charge >= 0.3 is 0 Å². The highest BCUT2D eigenvalue weighted by Gasteiger charge is 2.57. The zero-order valence-electron chi connectivity index (χ0n) is 17.6. The fraction of sp³-hybridized carbons (Fsp3) is 0.958. The molecule has 0 radical (unpaired) electrons. The van der Waals surface area contributed by atoms with E-state index in [1.807, 2.05) is 0 Å². The molecule has 0 bridgehead atoms. The van der Waals surface area contributed by atoms with Crippen molar-refractivity contribution in [1.82, 2.24) is 0 Å². The van der Waals surface area contributed by atoms with Gasteiger partial charge in [0.1, 0.15) is 5.78 Å². The monoisotopic (exact) mass is 366 g/mol. The second-order valence-electron chi connectivity index (χ2n) is 9.89. The molecule has 2 nitrogen and oxygen atoms in total. The number of aliphatic hydroxyl groups is 1. The second kappa shape index (κ2) is 9.22. The molecule has 0 aliphatic heterocycles. The number of ketones is 1. The third-order valence-corrected chi connectivity index (χ3v) is 8.84. The minimum Gasteiger partial charge on any atom is -0.400 e. The summed E-state index contributed by atoms with van der Waals surface area (Å²) in [5.74, 6) is 4.73. The van der Waals surface area contributed by atoms with E-state index in [-0.39, 0.29) is 7.43 Å². The molecule has 26 heavy (non-hydrogen) atoms. The fourth-order valence-electron chi connectivity index (χ4n) is 6.96. The van der Waals surface area contributed by atoms with E-state index in [4.69, 9.17) is 5.11 Å². The van der Waals surface area contributed by atoms with E-state index in [1.165, 1.54) is 44.9 Å².